The van der Waals surface area contributed by atoms with Crippen LogP contribution >= 0.6 is 11.6 Å². The van der Waals surface area contributed by atoms with E-state index in [2.05, 4.69) is 14.8 Å². The number of anilines is 2. The number of hydrogen-bond donors (Lipinski definition) is 1. The van der Waals surface area contributed by atoms with E-state index >= 15 is 0 Å². The number of para-hydroxylation sites is 1. The third-order valence-electron chi connectivity index (χ3n) is 4.81. The predicted molar refractivity (Wildman–Crippen MR) is 109 cm³/mol. The fourth-order valence-electron chi connectivity index (χ4n) is 3.53. The molecule has 0 saturated carbocycles. The van der Waals surface area contributed by atoms with Gasteiger partial charge < -0.3 is 9.80 Å². The van der Waals surface area contributed by atoms with Gasteiger partial charge in [-0.3, -0.25) is 4.98 Å². The second-order valence-electron chi connectivity index (χ2n) is 6.48. The summed E-state index contributed by atoms with van der Waals surface area (Å²) in [5.74, 6) is 0. The minimum atomic E-state index is -3.76. The molecule has 1 aliphatic rings. The number of primary sulfonamides is 1. The first kappa shape index (κ1) is 18.0. The molecule has 1 aromatic heterocycles. The summed E-state index contributed by atoms with van der Waals surface area (Å²) in [5, 5.41) is 7.07. The van der Waals surface area contributed by atoms with E-state index in [9.17, 15) is 8.42 Å². The third kappa shape index (κ3) is 3.58. The van der Waals surface area contributed by atoms with Gasteiger partial charge in [-0.2, -0.15) is 0 Å². The van der Waals surface area contributed by atoms with Gasteiger partial charge in [0.15, 0.2) is 0 Å². The third-order valence-corrected chi connectivity index (χ3v) is 6.01. The Bertz CT molecular complexity index is 1100. The highest BCUT2D eigenvalue weighted by Crippen LogP contribution is 2.30. The number of hydrogen-bond acceptors (Lipinski definition) is 5. The lowest BCUT2D eigenvalue weighted by Crippen LogP contribution is -2.47. The van der Waals surface area contributed by atoms with Gasteiger partial charge in [0.2, 0.25) is 10.0 Å². The summed E-state index contributed by atoms with van der Waals surface area (Å²) in [6.07, 6.45) is 1.80. The smallest absolute Gasteiger partial charge is 0.240 e. The molecular formula is C19H19ClN4O2S. The highest BCUT2D eigenvalue weighted by molar-refractivity contribution is 7.89. The van der Waals surface area contributed by atoms with Gasteiger partial charge in [0.05, 0.1) is 11.2 Å². The molecule has 27 heavy (non-hydrogen) atoms. The topological polar surface area (TPSA) is 79.5 Å². The molecule has 6 nitrogen and oxygen atoms in total. The largest absolute Gasteiger partial charge is 0.367 e. The van der Waals surface area contributed by atoms with E-state index < -0.39 is 10.0 Å². The number of sulfonamides is 1. The van der Waals surface area contributed by atoms with E-state index in [1.807, 2.05) is 30.3 Å². The quantitative estimate of drug-likeness (QED) is 0.728. The molecule has 2 heterocycles. The van der Waals surface area contributed by atoms with Crippen LogP contribution in [0.15, 0.2) is 59.6 Å². The van der Waals surface area contributed by atoms with Crippen molar-refractivity contribution in [2.75, 3.05) is 36.0 Å². The lowest BCUT2D eigenvalue weighted by molar-refractivity contribution is 0.595. The van der Waals surface area contributed by atoms with Gasteiger partial charge in [0.1, 0.15) is 4.90 Å². The van der Waals surface area contributed by atoms with Crippen LogP contribution in [0, 0.1) is 0 Å². The molecule has 0 unspecified atom stereocenters. The number of rotatable bonds is 3. The molecule has 0 atom stereocenters. The maximum Gasteiger partial charge on any atom is 0.240 e. The molecular weight excluding hydrogens is 384 g/mol. The van der Waals surface area contributed by atoms with Crippen LogP contribution in [0.2, 0.25) is 5.02 Å². The van der Waals surface area contributed by atoms with Gasteiger partial charge in [0, 0.05) is 48.5 Å². The molecule has 2 aromatic carbocycles. The number of aromatic nitrogens is 1. The van der Waals surface area contributed by atoms with E-state index in [4.69, 9.17) is 16.7 Å². The number of nitrogens with two attached hydrogens (primary N) is 1. The minimum Gasteiger partial charge on any atom is -0.367 e. The van der Waals surface area contributed by atoms with Gasteiger partial charge in [-0.05, 0) is 36.4 Å². The zero-order valence-electron chi connectivity index (χ0n) is 14.5. The van der Waals surface area contributed by atoms with Gasteiger partial charge >= 0.3 is 0 Å². The van der Waals surface area contributed by atoms with Crippen molar-refractivity contribution in [3.8, 4) is 0 Å². The van der Waals surface area contributed by atoms with Gasteiger partial charge in [0.25, 0.3) is 0 Å². The zero-order valence-corrected chi connectivity index (χ0v) is 16.1. The van der Waals surface area contributed by atoms with Crippen molar-refractivity contribution in [3.05, 3.63) is 59.8 Å². The molecule has 0 amide bonds. The summed E-state index contributed by atoms with van der Waals surface area (Å²) < 4.78 is 23.8. The molecule has 3 aromatic rings. The lowest BCUT2D eigenvalue weighted by atomic mass is 10.1. The second-order valence-corrected chi connectivity index (χ2v) is 8.44. The van der Waals surface area contributed by atoms with Crippen molar-refractivity contribution < 1.29 is 8.42 Å². The molecule has 0 aliphatic carbocycles. The van der Waals surface area contributed by atoms with Crippen LogP contribution in [0.5, 0.6) is 0 Å². The van der Waals surface area contributed by atoms with Crippen LogP contribution in [0.1, 0.15) is 0 Å². The Balaban J connectivity index is 1.60. The van der Waals surface area contributed by atoms with Crippen LogP contribution in [0.4, 0.5) is 11.4 Å². The number of piperazine rings is 1. The molecule has 1 saturated heterocycles. The van der Waals surface area contributed by atoms with E-state index in [1.165, 1.54) is 0 Å². The minimum absolute atomic E-state index is 0.166. The molecule has 0 radical (unpaired) electrons. The van der Waals surface area contributed by atoms with Gasteiger partial charge in [-0.25, -0.2) is 13.6 Å². The van der Waals surface area contributed by atoms with Crippen molar-refractivity contribution >= 4 is 43.9 Å². The van der Waals surface area contributed by atoms with E-state index in [0.29, 0.717) is 23.8 Å². The average molecular weight is 403 g/mol. The van der Waals surface area contributed by atoms with Crippen LogP contribution < -0.4 is 14.9 Å². The Kier molecular flexibility index (Phi) is 4.67. The fraction of sp³-hybridized carbons (Fsp3) is 0.211. The number of nitrogens with zero attached hydrogens (tertiary/aromatic N) is 3. The molecule has 1 fully saturated rings. The highest BCUT2D eigenvalue weighted by Gasteiger charge is 2.23. The van der Waals surface area contributed by atoms with Crippen LogP contribution in [-0.2, 0) is 10.0 Å². The maximum absolute atomic E-state index is 11.9. The van der Waals surface area contributed by atoms with Crippen molar-refractivity contribution in [2.24, 2.45) is 5.14 Å². The normalized spacial score (nSPS) is 15.3. The maximum atomic E-state index is 11.9. The molecule has 8 heteroatoms. The molecule has 0 bridgehead atoms. The van der Waals surface area contributed by atoms with Gasteiger partial charge in [-0.15, -0.1) is 0 Å². The first-order valence-electron chi connectivity index (χ1n) is 8.59. The van der Waals surface area contributed by atoms with E-state index in [1.54, 1.807) is 24.4 Å². The van der Waals surface area contributed by atoms with Crippen LogP contribution in [0.25, 0.3) is 10.9 Å². The van der Waals surface area contributed by atoms with E-state index in [0.717, 1.165) is 29.7 Å². The zero-order chi connectivity index (χ0) is 19.0. The van der Waals surface area contributed by atoms with Crippen molar-refractivity contribution in [1.29, 1.82) is 0 Å². The number of benzene rings is 2. The Morgan fingerprint density at radius 1 is 0.926 bits per heavy atom. The Labute approximate surface area is 163 Å². The molecule has 140 valence electrons. The molecule has 2 N–H and O–H groups in total. The number of fused-ring (bicyclic) bond motifs is 1. The Morgan fingerprint density at radius 2 is 1.59 bits per heavy atom. The van der Waals surface area contributed by atoms with Crippen molar-refractivity contribution in [3.63, 3.8) is 0 Å². The first-order valence-corrected chi connectivity index (χ1v) is 10.5. The average Bonchev–Trinajstić information content (AvgIpc) is 2.67. The number of halogens is 1. The predicted octanol–water partition coefficient (Wildman–Crippen LogP) is 2.86. The van der Waals surface area contributed by atoms with Crippen molar-refractivity contribution in [2.45, 2.75) is 4.90 Å². The summed E-state index contributed by atoms with van der Waals surface area (Å²) in [4.78, 5) is 8.91. The van der Waals surface area contributed by atoms with Crippen LogP contribution in [0.3, 0.4) is 0 Å². The standard InChI is InChI=1S/C19H19ClN4O2S/c20-14-5-6-16-15(13-14)17(7-8-22-16)23-9-11-24(12-10-23)18-3-1-2-4-19(18)27(21,25)26/h1-8,13H,9-12H2,(H2,21,25,26). The number of pyridine rings is 1. The lowest BCUT2D eigenvalue weighted by Gasteiger charge is -2.38. The van der Waals surface area contributed by atoms with Crippen molar-refractivity contribution in [1.82, 2.24) is 4.98 Å². The van der Waals surface area contributed by atoms with Gasteiger partial charge in [-0.1, -0.05) is 23.7 Å². The summed E-state index contributed by atoms with van der Waals surface area (Å²) in [6, 6.07) is 14.5. The summed E-state index contributed by atoms with van der Waals surface area (Å²) >= 11 is 6.17. The Morgan fingerprint density at radius 3 is 2.30 bits per heavy atom. The van der Waals surface area contributed by atoms with E-state index in [-0.39, 0.29) is 4.90 Å². The first-order chi connectivity index (χ1) is 12.9. The fourth-order valence-corrected chi connectivity index (χ4v) is 4.46. The summed E-state index contributed by atoms with van der Waals surface area (Å²) in [7, 11) is -3.76. The van der Waals surface area contributed by atoms with Crippen LogP contribution in [-0.4, -0.2) is 39.6 Å². The second kappa shape index (κ2) is 6.99. The summed E-state index contributed by atoms with van der Waals surface area (Å²) in [5.41, 5.74) is 2.64. The molecule has 4 rings (SSSR count). The highest BCUT2D eigenvalue weighted by atomic mass is 35.5. The molecule has 0 spiro atoms. The SMILES string of the molecule is NS(=O)(=O)c1ccccc1N1CCN(c2ccnc3ccc(Cl)cc23)CC1. The summed E-state index contributed by atoms with van der Waals surface area (Å²) in [6.45, 7) is 2.89. The Hall–Kier alpha value is -2.35. The monoisotopic (exact) mass is 402 g/mol. The molecule has 1 aliphatic heterocycles.